The summed E-state index contributed by atoms with van der Waals surface area (Å²) >= 11 is 0. The first-order valence-corrected chi connectivity index (χ1v) is 8.86. The molecule has 0 saturated heterocycles. The smallest absolute Gasteiger partial charge is 0.191 e. The first-order valence-electron chi connectivity index (χ1n) is 8.86. The van der Waals surface area contributed by atoms with Gasteiger partial charge in [0.25, 0.3) is 0 Å². The minimum atomic E-state index is -0.866. The van der Waals surface area contributed by atoms with Crippen LogP contribution in [0.5, 0.6) is 0 Å². The summed E-state index contributed by atoms with van der Waals surface area (Å²) in [5, 5.41) is 10.4. The van der Waals surface area contributed by atoms with Crippen molar-refractivity contribution in [1.29, 1.82) is 0 Å². The zero-order chi connectivity index (χ0) is 19.1. The number of hydrogen-bond donors (Lipinski definition) is 2. The van der Waals surface area contributed by atoms with Crippen LogP contribution in [0.1, 0.15) is 62.6 Å². The summed E-state index contributed by atoms with van der Waals surface area (Å²) in [7, 11) is 1.64. The van der Waals surface area contributed by atoms with Gasteiger partial charge in [-0.15, -0.1) is 0 Å². The highest BCUT2D eigenvalue weighted by Gasteiger charge is 2.14. The average Bonchev–Trinajstić information content (AvgIpc) is 3.10. The molecule has 0 spiro atoms. The Morgan fingerprint density at radius 1 is 1.19 bits per heavy atom. The minimum absolute atomic E-state index is 0.244. The second kappa shape index (κ2) is 9.31. The molecule has 0 fully saturated rings. The van der Waals surface area contributed by atoms with Crippen molar-refractivity contribution >= 4 is 5.96 Å². The first-order chi connectivity index (χ1) is 12.5. The van der Waals surface area contributed by atoms with Crippen LogP contribution in [-0.2, 0) is 6.54 Å². The Bertz CT molecular complexity index is 741. The van der Waals surface area contributed by atoms with Crippen molar-refractivity contribution in [3.05, 3.63) is 52.9 Å². The van der Waals surface area contributed by atoms with Crippen LogP contribution in [0.2, 0.25) is 0 Å². The molecule has 0 aliphatic rings. The fraction of sp³-hybridized carbons (Fsp3) is 0.474. The Balaban J connectivity index is 1.94. The van der Waals surface area contributed by atoms with Crippen LogP contribution in [-0.4, -0.2) is 18.2 Å². The van der Waals surface area contributed by atoms with Gasteiger partial charge in [0.1, 0.15) is 0 Å². The highest BCUT2D eigenvalue weighted by Crippen LogP contribution is 2.22. The number of aliphatic imine (C=N–C) groups is 1. The standard InChI is InChI=1S/C19H26F2N4O/c1-5-13(6-2)18-10-15(26-25-18)11-23-19(22-4)24-12(3)14-7-8-16(20)17(21)9-14/h7-10,12-13H,5-6,11H2,1-4H3,(H2,22,23,24). The Morgan fingerprint density at radius 3 is 2.54 bits per heavy atom. The summed E-state index contributed by atoms with van der Waals surface area (Å²) in [6.45, 7) is 6.54. The van der Waals surface area contributed by atoms with E-state index in [1.807, 2.05) is 13.0 Å². The van der Waals surface area contributed by atoms with Crippen LogP contribution in [0, 0.1) is 11.6 Å². The first kappa shape index (κ1) is 19.9. The third-order valence-corrected chi connectivity index (χ3v) is 4.43. The van der Waals surface area contributed by atoms with E-state index in [1.165, 1.54) is 6.07 Å². The average molecular weight is 364 g/mol. The molecule has 142 valence electrons. The largest absolute Gasteiger partial charge is 0.359 e. The summed E-state index contributed by atoms with van der Waals surface area (Å²) in [5.74, 6) is -0.0758. The maximum absolute atomic E-state index is 13.4. The number of halogens is 2. The zero-order valence-corrected chi connectivity index (χ0v) is 15.6. The molecule has 2 aromatic rings. The number of guanidine groups is 1. The van der Waals surface area contributed by atoms with E-state index >= 15 is 0 Å². The molecular formula is C19H26F2N4O. The lowest BCUT2D eigenvalue weighted by molar-refractivity contribution is 0.368. The van der Waals surface area contributed by atoms with Gasteiger partial charge in [-0.05, 0) is 37.5 Å². The van der Waals surface area contributed by atoms with Gasteiger partial charge in [-0.3, -0.25) is 4.99 Å². The summed E-state index contributed by atoms with van der Waals surface area (Å²) in [4.78, 5) is 4.15. The van der Waals surface area contributed by atoms with Gasteiger partial charge in [0.05, 0.1) is 18.3 Å². The molecule has 0 radical (unpaired) electrons. The zero-order valence-electron chi connectivity index (χ0n) is 15.6. The van der Waals surface area contributed by atoms with Crippen molar-refractivity contribution in [1.82, 2.24) is 15.8 Å². The number of nitrogens with one attached hydrogen (secondary N) is 2. The maximum atomic E-state index is 13.4. The van der Waals surface area contributed by atoms with Gasteiger partial charge in [0.15, 0.2) is 23.4 Å². The van der Waals surface area contributed by atoms with Crippen LogP contribution in [0.15, 0.2) is 33.8 Å². The molecule has 1 aromatic heterocycles. The van der Waals surface area contributed by atoms with Gasteiger partial charge < -0.3 is 15.2 Å². The molecule has 2 rings (SSSR count). The van der Waals surface area contributed by atoms with Crippen molar-refractivity contribution in [2.45, 2.75) is 52.1 Å². The minimum Gasteiger partial charge on any atom is -0.359 e. The SMILES string of the molecule is CCC(CC)c1cc(CNC(=NC)NC(C)c2ccc(F)c(F)c2)on1. The molecule has 0 saturated carbocycles. The molecule has 1 atom stereocenters. The molecule has 0 aliphatic carbocycles. The van der Waals surface area contributed by atoms with Gasteiger partial charge in [-0.2, -0.15) is 0 Å². The molecule has 7 heteroatoms. The molecule has 1 heterocycles. The van der Waals surface area contributed by atoms with Gasteiger partial charge in [0, 0.05) is 19.0 Å². The second-order valence-electron chi connectivity index (χ2n) is 6.20. The number of aromatic nitrogens is 1. The molecule has 5 nitrogen and oxygen atoms in total. The van der Waals surface area contributed by atoms with Crippen LogP contribution < -0.4 is 10.6 Å². The van der Waals surface area contributed by atoms with E-state index in [9.17, 15) is 8.78 Å². The van der Waals surface area contributed by atoms with Crippen molar-refractivity contribution in [3.63, 3.8) is 0 Å². The van der Waals surface area contributed by atoms with Gasteiger partial charge in [-0.1, -0.05) is 25.1 Å². The molecule has 0 bridgehead atoms. The lowest BCUT2D eigenvalue weighted by Gasteiger charge is -2.18. The third-order valence-electron chi connectivity index (χ3n) is 4.43. The Labute approximate surface area is 152 Å². The molecular weight excluding hydrogens is 338 g/mol. The van der Waals surface area contributed by atoms with Gasteiger partial charge >= 0.3 is 0 Å². The predicted octanol–water partition coefficient (Wildman–Crippen LogP) is 4.28. The monoisotopic (exact) mass is 364 g/mol. The topological polar surface area (TPSA) is 62.5 Å². The van der Waals surface area contributed by atoms with Crippen molar-refractivity contribution < 1.29 is 13.3 Å². The maximum Gasteiger partial charge on any atom is 0.191 e. The van der Waals surface area contributed by atoms with Crippen molar-refractivity contribution in [2.75, 3.05) is 7.05 Å². The number of benzene rings is 1. The molecule has 1 unspecified atom stereocenters. The molecule has 1 aromatic carbocycles. The normalized spacial score (nSPS) is 13.1. The van der Waals surface area contributed by atoms with Crippen molar-refractivity contribution in [2.24, 2.45) is 4.99 Å². The Hall–Kier alpha value is -2.44. The van der Waals surface area contributed by atoms with Crippen molar-refractivity contribution in [3.8, 4) is 0 Å². The second-order valence-corrected chi connectivity index (χ2v) is 6.20. The summed E-state index contributed by atoms with van der Waals surface area (Å²) < 4.78 is 31.8. The number of hydrogen-bond acceptors (Lipinski definition) is 3. The van der Waals surface area contributed by atoms with Crippen LogP contribution in [0.3, 0.4) is 0 Å². The van der Waals surface area contributed by atoms with E-state index in [0.29, 0.717) is 24.0 Å². The molecule has 0 amide bonds. The van der Waals surface area contributed by atoms with Crippen LogP contribution in [0.4, 0.5) is 8.78 Å². The van der Waals surface area contributed by atoms with Crippen LogP contribution >= 0.6 is 0 Å². The summed E-state index contributed by atoms with van der Waals surface area (Å²) in [5.41, 5.74) is 1.59. The number of nitrogens with zero attached hydrogens (tertiary/aromatic N) is 2. The molecule has 26 heavy (non-hydrogen) atoms. The lowest BCUT2D eigenvalue weighted by Crippen LogP contribution is -2.38. The number of rotatable bonds is 7. The lowest BCUT2D eigenvalue weighted by atomic mass is 9.99. The molecule has 0 aliphatic heterocycles. The molecule has 2 N–H and O–H groups in total. The fourth-order valence-electron chi connectivity index (χ4n) is 2.75. The quantitative estimate of drug-likeness (QED) is 0.568. The highest BCUT2D eigenvalue weighted by atomic mass is 19.2. The van der Waals surface area contributed by atoms with E-state index in [-0.39, 0.29) is 6.04 Å². The van der Waals surface area contributed by atoms with E-state index < -0.39 is 11.6 Å². The Morgan fingerprint density at radius 2 is 1.92 bits per heavy atom. The fourth-order valence-corrected chi connectivity index (χ4v) is 2.75. The van der Waals surface area contributed by atoms with Gasteiger partial charge in [0.2, 0.25) is 0 Å². The third kappa shape index (κ3) is 5.03. The van der Waals surface area contributed by atoms with Gasteiger partial charge in [-0.25, -0.2) is 8.78 Å². The van der Waals surface area contributed by atoms with E-state index in [2.05, 4.69) is 34.6 Å². The van der Waals surface area contributed by atoms with E-state index in [1.54, 1.807) is 13.1 Å². The van der Waals surface area contributed by atoms with Crippen LogP contribution in [0.25, 0.3) is 0 Å². The predicted molar refractivity (Wildman–Crippen MR) is 97.9 cm³/mol. The summed E-state index contributed by atoms with van der Waals surface area (Å²) in [6.07, 6.45) is 2.04. The Kier molecular flexibility index (Phi) is 7.12. The van der Waals surface area contributed by atoms with E-state index in [4.69, 9.17) is 4.52 Å². The van der Waals surface area contributed by atoms with E-state index in [0.717, 1.165) is 30.4 Å². The highest BCUT2D eigenvalue weighted by molar-refractivity contribution is 5.80. The summed E-state index contributed by atoms with van der Waals surface area (Å²) in [6, 6.07) is 5.55.